The van der Waals surface area contributed by atoms with Crippen LogP contribution in [0.5, 0.6) is 0 Å². The van der Waals surface area contributed by atoms with Crippen molar-refractivity contribution in [2.24, 2.45) is 4.99 Å². The van der Waals surface area contributed by atoms with Gasteiger partial charge in [0, 0.05) is 18.0 Å². The highest BCUT2D eigenvalue weighted by Gasteiger charge is 2.20. The molecule has 0 saturated heterocycles. The van der Waals surface area contributed by atoms with Crippen LogP contribution < -0.4 is 0 Å². The zero-order valence-electron chi connectivity index (χ0n) is 5.20. The topological polar surface area (TPSA) is 29.4 Å². The van der Waals surface area contributed by atoms with E-state index in [4.69, 9.17) is 0 Å². The Kier molecular flexibility index (Phi) is 1.24. The molecule has 0 amide bonds. The molecule has 0 bridgehead atoms. The van der Waals surface area contributed by atoms with Gasteiger partial charge in [0.2, 0.25) is 0 Å². The Hall–Kier alpha value is -0.830. The van der Waals surface area contributed by atoms with Gasteiger partial charge in [-0.05, 0) is 0 Å². The summed E-state index contributed by atoms with van der Waals surface area (Å²) in [5, 5.41) is 0.882. The first-order valence-corrected chi connectivity index (χ1v) is 3.98. The van der Waals surface area contributed by atoms with E-state index in [9.17, 15) is 4.79 Å². The Morgan fingerprint density at radius 2 is 2.50 bits per heavy atom. The number of thioether (sulfide) groups is 1. The zero-order valence-corrected chi connectivity index (χ0v) is 6.02. The molecule has 0 aromatic rings. The van der Waals surface area contributed by atoms with Crippen LogP contribution in [0.15, 0.2) is 28.9 Å². The van der Waals surface area contributed by atoms with Crippen molar-refractivity contribution in [1.29, 1.82) is 0 Å². The van der Waals surface area contributed by atoms with Crippen LogP contribution in [0.1, 0.15) is 0 Å². The average molecular weight is 151 g/mol. The largest absolute Gasteiger partial charge is 0.289 e. The number of rotatable bonds is 0. The smallest absolute Gasteiger partial charge is 0.189 e. The third-order valence-electron chi connectivity index (χ3n) is 1.42. The maximum Gasteiger partial charge on any atom is 0.189 e. The summed E-state index contributed by atoms with van der Waals surface area (Å²) in [5.74, 6) is 0.983. The minimum atomic E-state index is 0.0926. The van der Waals surface area contributed by atoms with Gasteiger partial charge in [0.15, 0.2) is 5.78 Å². The molecular weight excluding hydrogens is 146 g/mol. The second-order valence-corrected chi connectivity index (χ2v) is 3.05. The van der Waals surface area contributed by atoms with Gasteiger partial charge in [-0.3, -0.25) is 4.79 Å². The van der Waals surface area contributed by atoms with Crippen molar-refractivity contribution in [3.8, 4) is 0 Å². The average Bonchev–Trinajstić information content (AvgIpc) is 2.36. The number of ketones is 1. The fraction of sp³-hybridized carbons (Fsp3) is 0.143. The number of hydrogen-bond donors (Lipinski definition) is 0. The van der Waals surface area contributed by atoms with Crippen LogP contribution in [0.2, 0.25) is 0 Å². The first-order chi connectivity index (χ1) is 4.88. The van der Waals surface area contributed by atoms with Gasteiger partial charge in [-0.15, -0.1) is 11.8 Å². The van der Waals surface area contributed by atoms with Gasteiger partial charge in [-0.1, -0.05) is 6.08 Å². The van der Waals surface area contributed by atoms with Gasteiger partial charge >= 0.3 is 0 Å². The molecule has 2 heterocycles. The predicted octanol–water partition coefficient (Wildman–Crippen LogP) is 1.15. The van der Waals surface area contributed by atoms with Crippen molar-refractivity contribution in [3.63, 3.8) is 0 Å². The van der Waals surface area contributed by atoms with Crippen molar-refractivity contribution in [1.82, 2.24) is 0 Å². The maximum absolute atomic E-state index is 11.0. The lowest BCUT2D eigenvalue weighted by atomic mass is 10.1. The molecule has 3 heteroatoms. The predicted molar refractivity (Wildman–Crippen MR) is 42.1 cm³/mol. The van der Waals surface area contributed by atoms with E-state index in [1.54, 1.807) is 18.0 Å². The third-order valence-corrected chi connectivity index (χ3v) is 2.35. The van der Waals surface area contributed by atoms with E-state index in [2.05, 4.69) is 4.99 Å². The molecule has 0 aliphatic carbocycles. The first-order valence-electron chi connectivity index (χ1n) is 3.00. The van der Waals surface area contributed by atoms with Crippen LogP contribution in [0.3, 0.4) is 0 Å². The molecule has 2 aliphatic heterocycles. The molecule has 2 rings (SSSR count). The molecule has 0 N–H and O–H groups in total. The summed E-state index contributed by atoms with van der Waals surface area (Å²) < 4.78 is 0. The number of nitrogens with zero attached hydrogens (tertiary/aromatic N) is 1. The maximum atomic E-state index is 11.0. The van der Waals surface area contributed by atoms with E-state index in [0.717, 1.165) is 16.4 Å². The van der Waals surface area contributed by atoms with E-state index >= 15 is 0 Å². The highest BCUT2D eigenvalue weighted by Crippen LogP contribution is 2.24. The molecule has 0 unspecified atom stereocenters. The van der Waals surface area contributed by atoms with Gasteiger partial charge in [-0.25, -0.2) is 4.99 Å². The fourth-order valence-electron chi connectivity index (χ4n) is 0.944. The molecular formula is C7H5NOS. The van der Waals surface area contributed by atoms with E-state index in [-0.39, 0.29) is 5.78 Å². The van der Waals surface area contributed by atoms with Crippen LogP contribution in [0.4, 0.5) is 0 Å². The lowest BCUT2D eigenvalue weighted by molar-refractivity contribution is -0.110. The molecule has 0 aromatic carbocycles. The highest BCUT2D eigenvalue weighted by atomic mass is 32.2. The standard InChI is InChI=1S/C7H5NOS/c9-6-1-3-8-7-5(6)2-4-10-7/h1-3H,4H2. The van der Waals surface area contributed by atoms with Crippen LogP contribution >= 0.6 is 11.8 Å². The second-order valence-electron chi connectivity index (χ2n) is 2.04. The van der Waals surface area contributed by atoms with Crippen LogP contribution in [0.25, 0.3) is 0 Å². The number of hydrogen-bond acceptors (Lipinski definition) is 3. The molecule has 0 radical (unpaired) electrons. The van der Waals surface area contributed by atoms with Crippen molar-refractivity contribution in [2.75, 3.05) is 5.75 Å². The molecule has 50 valence electrons. The van der Waals surface area contributed by atoms with Gasteiger partial charge in [0.05, 0.1) is 5.57 Å². The normalized spacial score (nSPS) is 22.2. The van der Waals surface area contributed by atoms with E-state index in [0.29, 0.717) is 0 Å². The van der Waals surface area contributed by atoms with E-state index in [1.807, 2.05) is 6.08 Å². The summed E-state index contributed by atoms with van der Waals surface area (Å²) in [6, 6.07) is 0. The molecule has 2 nitrogen and oxygen atoms in total. The Morgan fingerprint density at radius 1 is 1.60 bits per heavy atom. The van der Waals surface area contributed by atoms with E-state index < -0.39 is 0 Å². The quantitative estimate of drug-likeness (QED) is 0.519. The van der Waals surface area contributed by atoms with E-state index in [1.165, 1.54) is 6.08 Å². The SMILES string of the molecule is O=C1C=CN=C2SCC=C12. The van der Waals surface area contributed by atoms with Crippen molar-refractivity contribution in [2.45, 2.75) is 0 Å². The number of aliphatic imine (C=N–C) groups is 1. The van der Waals surface area contributed by atoms with Crippen LogP contribution in [-0.4, -0.2) is 16.6 Å². The summed E-state index contributed by atoms with van der Waals surface area (Å²) in [6.07, 6.45) is 4.99. The van der Waals surface area contributed by atoms with Crippen LogP contribution in [-0.2, 0) is 4.79 Å². The van der Waals surface area contributed by atoms with Crippen LogP contribution in [0, 0.1) is 0 Å². The summed E-state index contributed by atoms with van der Waals surface area (Å²) in [7, 11) is 0. The Bertz CT molecular complexity index is 275. The Balaban J connectivity index is 2.48. The zero-order chi connectivity index (χ0) is 6.97. The summed E-state index contributed by atoms with van der Waals surface area (Å²) in [4.78, 5) is 15.1. The number of fused-ring (bicyclic) bond motifs is 1. The minimum Gasteiger partial charge on any atom is -0.289 e. The lowest BCUT2D eigenvalue weighted by Gasteiger charge is -2.01. The molecule has 2 aliphatic rings. The molecule has 10 heavy (non-hydrogen) atoms. The van der Waals surface area contributed by atoms with Gasteiger partial charge < -0.3 is 0 Å². The Labute approximate surface area is 62.7 Å². The number of carbonyl (C=O) groups is 1. The van der Waals surface area contributed by atoms with Crippen molar-refractivity contribution in [3.05, 3.63) is 23.9 Å². The number of carbonyl (C=O) groups excluding carboxylic acids is 1. The lowest BCUT2D eigenvalue weighted by Crippen LogP contribution is -2.06. The number of allylic oxidation sites excluding steroid dienone is 1. The highest BCUT2D eigenvalue weighted by molar-refractivity contribution is 8.15. The summed E-state index contributed by atoms with van der Waals surface area (Å²) in [6.45, 7) is 0. The Morgan fingerprint density at radius 3 is 3.30 bits per heavy atom. The van der Waals surface area contributed by atoms with Gasteiger partial charge in [0.1, 0.15) is 5.04 Å². The molecule has 0 atom stereocenters. The molecule has 0 spiro atoms. The van der Waals surface area contributed by atoms with Gasteiger partial charge in [-0.2, -0.15) is 0 Å². The third kappa shape index (κ3) is 0.743. The molecule has 0 aromatic heterocycles. The second kappa shape index (κ2) is 2.09. The minimum absolute atomic E-state index is 0.0926. The monoisotopic (exact) mass is 151 g/mol. The van der Waals surface area contributed by atoms with Crippen molar-refractivity contribution < 1.29 is 4.79 Å². The molecule has 0 saturated carbocycles. The van der Waals surface area contributed by atoms with Crippen molar-refractivity contribution >= 4 is 22.6 Å². The van der Waals surface area contributed by atoms with Gasteiger partial charge in [0.25, 0.3) is 0 Å². The fourth-order valence-corrected chi connectivity index (χ4v) is 1.83. The summed E-state index contributed by atoms with van der Waals surface area (Å²) >= 11 is 1.62. The molecule has 0 fully saturated rings. The summed E-state index contributed by atoms with van der Waals surface area (Å²) in [5.41, 5.74) is 0.785. The first kappa shape index (κ1) is 5.92.